The van der Waals surface area contributed by atoms with E-state index in [1.54, 1.807) is 12.3 Å². The molecule has 120 valence electrons. The van der Waals surface area contributed by atoms with Crippen molar-refractivity contribution in [2.75, 3.05) is 12.9 Å². The Bertz CT molecular complexity index is 711. The molecule has 8 heteroatoms. The van der Waals surface area contributed by atoms with Crippen molar-refractivity contribution in [1.29, 1.82) is 0 Å². The Balaban J connectivity index is 1.89. The van der Waals surface area contributed by atoms with Crippen LogP contribution in [0.15, 0.2) is 46.7 Å². The molecular weight excluding hydrogens is 338 g/mol. The fraction of sp³-hybridized carbons (Fsp3) is 0.133. The molecule has 0 bridgehead atoms. The minimum Gasteiger partial charge on any atom is -0.503 e. The highest BCUT2D eigenvalue weighted by atomic mass is 35.5. The summed E-state index contributed by atoms with van der Waals surface area (Å²) < 4.78 is 4.99. The topological polar surface area (TPSA) is 83.8 Å². The molecule has 0 unspecified atom stereocenters. The monoisotopic (exact) mass is 351 g/mol. The van der Waals surface area contributed by atoms with Crippen LogP contribution in [-0.4, -0.2) is 35.1 Å². The SMILES string of the molecule is COc1cc(/C=N\NC(=O)CSc2ccccn2)cc(Cl)c1O. The first-order valence-electron chi connectivity index (χ1n) is 6.52. The highest BCUT2D eigenvalue weighted by Crippen LogP contribution is 2.34. The number of methoxy groups -OCH3 is 1. The number of nitrogens with one attached hydrogen (secondary N) is 1. The molecule has 0 aliphatic heterocycles. The summed E-state index contributed by atoms with van der Waals surface area (Å²) >= 11 is 7.18. The van der Waals surface area contributed by atoms with Gasteiger partial charge in [-0.1, -0.05) is 29.4 Å². The Hall–Kier alpha value is -2.25. The first-order chi connectivity index (χ1) is 11.1. The molecule has 2 aromatic rings. The smallest absolute Gasteiger partial charge is 0.250 e. The lowest BCUT2D eigenvalue weighted by atomic mass is 10.2. The summed E-state index contributed by atoms with van der Waals surface area (Å²) in [5.41, 5.74) is 2.99. The standard InChI is InChI=1S/C15H14ClN3O3S/c1-22-12-7-10(6-11(16)15(12)21)8-18-19-13(20)9-23-14-4-2-3-5-17-14/h2-8,21H,9H2,1H3,(H,19,20)/b18-8-. The summed E-state index contributed by atoms with van der Waals surface area (Å²) in [6, 6.07) is 8.56. The Labute approximate surface area is 142 Å². The van der Waals surface area contributed by atoms with Crippen LogP contribution in [0.5, 0.6) is 11.5 Å². The number of benzene rings is 1. The van der Waals surface area contributed by atoms with Gasteiger partial charge in [-0.05, 0) is 29.8 Å². The average molecular weight is 352 g/mol. The van der Waals surface area contributed by atoms with E-state index in [9.17, 15) is 9.90 Å². The molecule has 1 aromatic carbocycles. The lowest BCUT2D eigenvalue weighted by molar-refractivity contribution is -0.118. The fourth-order valence-corrected chi connectivity index (χ4v) is 2.48. The van der Waals surface area contributed by atoms with Gasteiger partial charge >= 0.3 is 0 Å². The third kappa shape index (κ3) is 5.15. The van der Waals surface area contributed by atoms with E-state index in [1.165, 1.54) is 31.2 Å². The molecule has 1 aromatic heterocycles. The number of halogens is 1. The second kappa shape index (κ2) is 8.40. The zero-order valence-corrected chi connectivity index (χ0v) is 13.8. The van der Waals surface area contributed by atoms with Crippen LogP contribution in [-0.2, 0) is 4.79 Å². The highest BCUT2D eigenvalue weighted by molar-refractivity contribution is 7.99. The third-order valence-electron chi connectivity index (χ3n) is 2.66. The van der Waals surface area contributed by atoms with E-state index in [4.69, 9.17) is 16.3 Å². The van der Waals surface area contributed by atoms with E-state index in [0.717, 1.165) is 5.03 Å². The van der Waals surface area contributed by atoms with E-state index < -0.39 is 0 Å². The van der Waals surface area contributed by atoms with Crippen LogP contribution in [0.4, 0.5) is 0 Å². The Morgan fingerprint density at radius 2 is 2.35 bits per heavy atom. The maximum atomic E-state index is 11.7. The number of hydrogen-bond donors (Lipinski definition) is 2. The molecule has 23 heavy (non-hydrogen) atoms. The van der Waals surface area contributed by atoms with Crippen LogP contribution in [0.25, 0.3) is 0 Å². The number of hydrazone groups is 1. The molecule has 6 nitrogen and oxygen atoms in total. The fourth-order valence-electron chi connectivity index (χ4n) is 1.61. The van der Waals surface area contributed by atoms with Crippen molar-refractivity contribution in [3.8, 4) is 11.5 Å². The van der Waals surface area contributed by atoms with Crippen molar-refractivity contribution in [3.05, 3.63) is 47.1 Å². The lowest BCUT2D eigenvalue weighted by Crippen LogP contribution is -2.19. The third-order valence-corrected chi connectivity index (χ3v) is 3.89. The average Bonchev–Trinajstić information content (AvgIpc) is 2.57. The first-order valence-corrected chi connectivity index (χ1v) is 7.88. The normalized spacial score (nSPS) is 10.7. The van der Waals surface area contributed by atoms with Crippen LogP contribution in [0.1, 0.15) is 5.56 Å². The molecule has 2 rings (SSSR count). The Kier molecular flexibility index (Phi) is 6.25. The number of aromatic hydroxyl groups is 1. The predicted molar refractivity (Wildman–Crippen MR) is 90.4 cm³/mol. The number of phenolic OH excluding ortho intramolecular Hbond substituents is 1. The maximum Gasteiger partial charge on any atom is 0.250 e. The number of aromatic nitrogens is 1. The number of hydrogen-bond acceptors (Lipinski definition) is 6. The number of rotatable bonds is 6. The summed E-state index contributed by atoms with van der Waals surface area (Å²) in [4.78, 5) is 15.8. The van der Waals surface area contributed by atoms with Gasteiger partial charge in [-0.2, -0.15) is 5.10 Å². The summed E-state index contributed by atoms with van der Waals surface area (Å²) in [5.74, 6) is 0.0421. The second-order valence-corrected chi connectivity index (χ2v) is 5.71. The van der Waals surface area contributed by atoms with Crippen molar-refractivity contribution in [2.24, 2.45) is 5.10 Å². The number of nitrogens with zero attached hydrogens (tertiary/aromatic N) is 2. The molecule has 0 fully saturated rings. The molecular formula is C15H14ClN3O3S. The number of amides is 1. The van der Waals surface area contributed by atoms with Gasteiger partial charge in [-0.25, -0.2) is 10.4 Å². The number of carbonyl (C=O) groups excluding carboxylic acids is 1. The van der Waals surface area contributed by atoms with Crippen LogP contribution >= 0.6 is 23.4 Å². The molecule has 0 saturated carbocycles. The molecule has 0 saturated heterocycles. The number of thioether (sulfide) groups is 1. The van der Waals surface area contributed by atoms with Gasteiger partial charge < -0.3 is 9.84 Å². The minimum atomic E-state index is -0.256. The highest BCUT2D eigenvalue weighted by Gasteiger charge is 2.08. The molecule has 0 radical (unpaired) electrons. The van der Waals surface area contributed by atoms with Crippen LogP contribution < -0.4 is 10.2 Å². The quantitative estimate of drug-likeness (QED) is 0.475. The van der Waals surface area contributed by atoms with Gasteiger partial charge in [-0.15, -0.1) is 0 Å². The largest absolute Gasteiger partial charge is 0.503 e. The van der Waals surface area contributed by atoms with Gasteiger partial charge in [0, 0.05) is 6.20 Å². The van der Waals surface area contributed by atoms with Gasteiger partial charge in [0.05, 0.1) is 29.1 Å². The first kappa shape index (κ1) is 17.1. The zero-order valence-electron chi connectivity index (χ0n) is 12.2. The van der Waals surface area contributed by atoms with E-state index >= 15 is 0 Å². The number of pyridine rings is 1. The van der Waals surface area contributed by atoms with Crippen molar-refractivity contribution < 1.29 is 14.6 Å². The summed E-state index contributed by atoms with van der Waals surface area (Å²) in [6.07, 6.45) is 3.08. The summed E-state index contributed by atoms with van der Waals surface area (Å²) in [5, 5.41) is 14.4. The van der Waals surface area contributed by atoms with Gasteiger partial charge in [0.25, 0.3) is 0 Å². The summed E-state index contributed by atoms with van der Waals surface area (Å²) in [6.45, 7) is 0. The van der Waals surface area contributed by atoms with Gasteiger partial charge in [0.2, 0.25) is 5.91 Å². The number of carbonyl (C=O) groups is 1. The van der Waals surface area contributed by atoms with Gasteiger partial charge in [0.1, 0.15) is 0 Å². The van der Waals surface area contributed by atoms with E-state index in [2.05, 4.69) is 15.5 Å². The molecule has 0 aliphatic rings. The van der Waals surface area contributed by atoms with Crippen molar-refractivity contribution in [3.63, 3.8) is 0 Å². The second-order valence-electron chi connectivity index (χ2n) is 4.30. The lowest BCUT2D eigenvalue weighted by Gasteiger charge is -2.06. The number of ether oxygens (including phenoxy) is 1. The Morgan fingerprint density at radius 3 is 3.04 bits per heavy atom. The predicted octanol–water partition coefficient (Wildman–Crippen LogP) is 2.69. The van der Waals surface area contributed by atoms with Crippen LogP contribution in [0, 0.1) is 0 Å². The van der Waals surface area contributed by atoms with Crippen molar-refractivity contribution in [2.45, 2.75) is 5.03 Å². The van der Waals surface area contributed by atoms with Crippen LogP contribution in [0.2, 0.25) is 5.02 Å². The Morgan fingerprint density at radius 1 is 1.52 bits per heavy atom. The summed E-state index contributed by atoms with van der Waals surface area (Å²) in [7, 11) is 1.42. The molecule has 2 N–H and O–H groups in total. The zero-order chi connectivity index (χ0) is 16.7. The van der Waals surface area contributed by atoms with Crippen LogP contribution in [0.3, 0.4) is 0 Å². The molecule has 0 atom stereocenters. The minimum absolute atomic E-state index is 0.137. The number of phenols is 1. The van der Waals surface area contributed by atoms with E-state index in [0.29, 0.717) is 5.56 Å². The van der Waals surface area contributed by atoms with Gasteiger partial charge in [0.15, 0.2) is 11.5 Å². The van der Waals surface area contributed by atoms with Gasteiger partial charge in [-0.3, -0.25) is 4.79 Å². The van der Waals surface area contributed by atoms with Crippen molar-refractivity contribution in [1.82, 2.24) is 10.4 Å². The maximum absolute atomic E-state index is 11.7. The molecule has 0 aliphatic carbocycles. The molecule has 1 amide bonds. The molecule has 1 heterocycles. The van der Waals surface area contributed by atoms with Crippen molar-refractivity contribution >= 4 is 35.5 Å². The van der Waals surface area contributed by atoms with E-state index in [1.807, 2.05) is 18.2 Å². The van der Waals surface area contributed by atoms with E-state index in [-0.39, 0.29) is 28.2 Å². The molecule has 0 spiro atoms.